The molecule has 3 heteroatoms. The first kappa shape index (κ1) is 15.5. The van der Waals surface area contributed by atoms with Gasteiger partial charge in [-0.25, -0.2) is 0 Å². The van der Waals surface area contributed by atoms with Gasteiger partial charge in [0.15, 0.2) is 0 Å². The normalized spacial score (nSPS) is 20.3. The summed E-state index contributed by atoms with van der Waals surface area (Å²) in [6.45, 7) is 10.1. The third-order valence-electron chi connectivity index (χ3n) is 3.93. The van der Waals surface area contributed by atoms with Crippen molar-refractivity contribution < 1.29 is 0 Å². The molecule has 112 valence electrons. The Morgan fingerprint density at radius 2 is 1.55 bits per heavy atom. The number of piperazine rings is 1. The average Bonchev–Trinajstić information content (AvgIpc) is 3.27. The lowest BCUT2D eigenvalue weighted by Crippen LogP contribution is -2.46. The van der Waals surface area contributed by atoms with Gasteiger partial charge in [-0.15, -0.1) is 0 Å². The van der Waals surface area contributed by atoms with E-state index in [0.717, 1.165) is 19.0 Å². The summed E-state index contributed by atoms with van der Waals surface area (Å²) >= 11 is 0. The highest BCUT2D eigenvalue weighted by molar-refractivity contribution is 5.14. The fourth-order valence-electron chi connectivity index (χ4n) is 2.64. The lowest BCUT2D eigenvalue weighted by molar-refractivity contribution is 0.123. The molecule has 3 nitrogen and oxygen atoms in total. The van der Waals surface area contributed by atoms with Crippen LogP contribution in [0.15, 0.2) is 30.3 Å². The van der Waals surface area contributed by atoms with Gasteiger partial charge >= 0.3 is 0 Å². The summed E-state index contributed by atoms with van der Waals surface area (Å²) in [7, 11) is 0. The minimum absolute atomic E-state index is 0.750. The molecule has 20 heavy (non-hydrogen) atoms. The number of nitrogens with two attached hydrogens (primary N) is 1. The number of nitrogens with zero attached hydrogens (tertiary/aromatic N) is 2. The summed E-state index contributed by atoms with van der Waals surface area (Å²) in [6, 6.07) is 10.8. The van der Waals surface area contributed by atoms with E-state index in [-0.39, 0.29) is 0 Å². The van der Waals surface area contributed by atoms with Crippen LogP contribution in [0, 0.1) is 5.92 Å². The predicted octanol–water partition coefficient (Wildman–Crippen LogP) is 2.18. The Hall–Kier alpha value is -0.900. The standard InChI is InChI=1S/C15H22N2.C2H7N/c1-2-4-14(5-3-1)12-16-8-10-17(11-9-16)13-15-6-7-15;1-2-3/h1-5,15H,6-13H2;2-3H2,1H3. The summed E-state index contributed by atoms with van der Waals surface area (Å²) in [6.07, 6.45) is 2.95. The van der Waals surface area contributed by atoms with Gasteiger partial charge in [0.1, 0.15) is 0 Å². The van der Waals surface area contributed by atoms with Crippen LogP contribution in [-0.2, 0) is 6.54 Å². The number of rotatable bonds is 4. The molecule has 1 aliphatic heterocycles. The molecule has 1 saturated carbocycles. The molecule has 1 saturated heterocycles. The molecule has 2 N–H and O–H groups in total. The largest absolute Gasteiger partial charge is 0.331 e. The Balaban J connectivity index is 0.000000452. The maximum absolute atomic E-state index is 4.85. The third-order valence-corrected chi connectivity index (χ3v) is 3.93. The topological polar surface area (TPSA) is 32.5 Å². The van der Waals surface area contributed by atoms with Crippen molar-refractivity contribution in [3.8, 4) is 0 Å². The molecule has 2 aliphatic rings. The Morgan fingerprint density at radius 1 is 1.00 bits per heavy atom. The molecule has 1 aromatic carbocycles. The van der Waals surface area contributed by atoms with Gasteiger partial charge in [-0.3, -0.25) is 4.90 Å². The highest BCUT2D eigenvalue weighted by Gasteiger charge is 2.26. The monoisotopic (exact) mass is 275 g/mol. The van der Waals surface area contributed by atoms with Gasteiger partial charge in [0, 0.05) is 39.3 Å². The fourth-order valence-corrected chi connectivity index (χ4v) is 2.64. The second kappa shape index (κ2) is 8.40. The number of hydrogen-bond acceptors (Lipinski definition) is 3. The fraction of sp³-hybridized carbons (Fsp3) is 0.647. The van der Waals surface area contributed by atoms with Gasteiger partial charge in [-0.1, -0.05) is 37.3 Å². The van der Waals surface area contributed by atoms with Gasteiger partial charge in [-0.05, 0) is 30.9 Å². The molecule has 1 heterocycles. The highest BCUT2D eigenvalue weighted by atomic mass is 15.3. The third kappa shape index (κ3) is 5.61. The van der Waals surface area contributed by atoms with Crippen molar-refractivity contribution in [2.75, 3.05) is 39.3 Å². The van der Waals surface area contributed by atoms with Crippen LogP contribution in [-0.4, -0.2) is 49.1 Å². The zero-order valence-corrected chi connectivity index (χ0v) is 12.8. The van der Waals surface area contributed by atoms with Crippen LogP contribution in [0.25, 0.3) is 0 Å². The van der Waals surface area contributed by atoms with Crippen molar-refractivity contribution in [2.45, 2.75) is 26.3 Å². The van der Waals surface area contributed by atoms with E-state index in [1.54, 1.807) is 0 Å². The van der Waals surface area contributed by atoms with E-state index < -0.39 is 0 Å². The van der Waals surface area contributed by atoms with Crippen LogP contribution in [0.5, 0.6) is 0 Å². The van der Waals surface area contributed by atoms with Crippen molar-refractivity contribution in [1.29, 1.82) is 0 Å². The van der Waals surface area contributed by atoms with Crippen molar-refractivity contribution >= 4 is 0 Å². The van der Waals surface area contributed by atoms with Crippen LogP contribution in [0.2, 0.25) is 0 Å². The molecule has 0 radical (unpaired) electrons. The number of benzene rings is 1. The van der Waals surface area contributed by atoms with Gasteiger partial charge in [0.2, 0.25) is 0 Å². The van der Waals surface area contributed by atoms with Gasteiger partial charge in [0.05, 0.1) is 0 Å². The van der Waals surface area contributed by atoms with E-state index in [1.165, 1.54) is 51.1 Å². The molecule has 1 aliphatic carbocycles. The Labute approximate surface area is 123 Å². The van der Waals surface area contributed by atoms with Gasteiger partial charge < -0.3 is 10.6 Å². The summed E-state index contributed by atoms with van der Waals surface area (Å²) < 4.78 is 0. The van der Waals surface area contributed by atoms with Gasteiger partial charge in [0.25, 0.3) is 0 Å². The van der Waals surface area contributed by atoms with E-state index in [0.29, 0.717) is 0 Å². The van der Waals surface area contributed by atoms with E-state index in [2.05, 4.69) is 40.1 Å². The Morgan fingerprint density at radius 3 is 2.10 bits per heavy atom. The minimum atomic E-state index is 0.750. The summed E-state index contributed by atoms with van der Waals surface area (Å²) in [5, 5.41) is 0. The van der Waals surface area contributed by atoms with Crippen molar-refractivity contribution in [2.24, 2.45) is 11.7 Å². The first-order valence-electron chi connectivity index (χ1n) is 8.00. The molecule has 0 amide bonds. The maximum Gasteiger partial charge on any atom is 0.0234 e. The van der Waals surface area contributed by atoms with Crippen molar-refractivity contribution in [1.82, 2.24) is 9.80 Å². The Bertz CT molecular complexity index is 354. The van der Waals surface area contributed by atoms with Crippen LogP contribution in [0.1, 0.15) is 25.3 Å². The van der Waals surface area contributed by atoms with E-state index >= 15 is 0 Å². The molecule has 0 aromatic heterocycles. The second-order valence-corrected chi connectivity index (χ2v) is 5.91. The number of hydrogen-bond donors (Lipinski definition) is 1. The lowest BCUT2D eigenvalue weighted by atomic mass is 10.2. The van der Waals surface area contributed by atoms with Crippen molar-refractivity contribution in [3.63, 3.8) is 0 Å². The highest BCUT2D eigenvalue weighted by Crippen LogP contribution is 2.29. The van der Waals surface area contributed by atoms with E-state index in [9.17, 15) is 0 Å². The minimum Gasteiger partial charge on any atom is -0.331 e. The molecule has 3 rings (SSSR count). The van der Waals surface area contributed by atoms with Crippen LogP contribution >= 0.6 is 0 Å². The lowest BCUT2D eigenvalue weighted by Gasteiger charge is -2.34. The van der Waals surface area contributed by atoms with Crippen LogP contribution < -0.4 is 5.73 Å². The Kier molecular flexibility index (Phi) is 6.51. The molecule has 1 aromatic rings. The first-order chi connectivity index (χ1) is 9.81. The summed E-state index contributed by atoms with van der Waals surface area (Å²) in [4.78, 5) is 5.23. The quantitative estimate of drug-likeness (QED) is 0.914. The van der Waals surface area contributed by atoms with Crippen LogP contribution in [0.4, 0.5) is 0 Å². The van der Waals surface area contributed by atoms with Crippen LogP contribution in [0.3, 0.4) is 0 Å². The molecule has 0 bridgehead atoms. The molecule has 0 unspecified atom stereocenters. The molecule has 0 atom stereocenters. The zero-order valence-electron chi connectivity index (χ0n) is 12.8. The molecule has 2 fully saturated rings. The molecular formula is C17H29N3. The second-order valence-electron chi connectivity index (χ2n) is 5.91. The SMILES string of the molecule is CCN.c1ccc(CN2CCN(CC3CC3)CC2)cc1. The summed E-state index contributed by atoms with van der Waals surface area (Å²) in [5.41, 5.74) is 6.29. The zero-order chi connectivity index (χ0) is 14.2. The molecule has 0 spiro atoms. The smallest absolute Gasteiger partial charge is 0.0234 e. The van der Waals surface area contributed by atoms with E-state index in [1.807, 2.05) is 6.92 Å². The van der Waals surface area contributed by atoms with E-state index in [4.69, 9.17) is 5.73 Å². The summed E-state index contributed by atoms with van der Waals surface area (Å²) in [5.74, 6) is 1.04. The maximum atomic E-state index is 4.85. The predicted molar refractivity (Wildman–Crippen MR) is 85.6 cm³/mol. The van der Waals surface area contributed by atoms with Gasteiger partial charge in [-0.2, -0.15) is 0 Å². The van der Waals surface area contributed by atoms with Crippen molar-refractivity contribution in [3.05, 3.63) is 35.9 Å². The molecular weight excluding hydrogens is 246 g/mol. The first-order valence-corrected chi connectivity index (χ1v) is 8.00. The average molecular weight is 275 g/mol.